The van der Waals surface area contributed by atoms with Crippen LogP contribution in [0.2, 0.25) is 0 Å². The molecule has 2 fully saturated rings. The first-order chi connectivity index (χ1) is 25.3. The summed E-state index contributed by atoms with van der Waals surface area (Å²) in [5.74, 6) is 0.564. The molecule has 2 aromatic carbocycles. The summed E-state index contributed by atoms with van der Waals surface area (Å²) in [5, 5.41) is 5.38. The van der Waals surface area contributed by atoms with Crippen LogP contribution in [-0.4, -0.2) is 88.1 Å². The molecule has 0 unspecified atom stereocenters. The number of likely N-dealkylation sites (tertiary alicyclic amines) is 2. The summed E-state index contributed by atoms with van der Waals surface area (Å²) in [4.78, 5) is 67.8. The standard InChI is InChI=1S/C39H49N7O7/c1-22(2)31(43-37(49)51-6)34(47)45-18-8-10-29(45)33-41-27-16-15-26(20-30(27)53-33)24-11-13-25(14-12-24)28-21-40-36(42-28)39(5)17-9-19-46(39)35(48)32(23(3)4)44-38(50)52-7/h11-16,20-23,29,31-32H,8-10,17-19H2,1-7H3,(H,40,42)(H,43,49)(H,44,50)/t29-,31-,32-,39-/m0/s1. The van der Waals surface area contributed by atoms with Gasteiger partial charge in [-0.3, -0.25) is 9.59 Å². The number of fused-ring (bicyclic) bond motifs is 1. The van der Waals surface area contributed by atoms with Crippen LogP contribution in [0.3, 0.4) is 0 Å². The van der Waals surface area contributed by atoms with E-state index in [1.165, 1.54) is 14.2 Å². The number of carbonyl (C=O) groups is 4. The fourth-order valence-electron chi connectivity index (χ4n) is 7.44. The number of carbonyl (C=O) groups excluding carboxylic acids is 4. The van der Waals surface area contributed by atoms with Gasteiger partial charge < -0.3 is 39.3 Å². The van der Waals surface area contributed by atoms with E-state index in [9.17, 15) is 19.2 Å². The van der Waals surface area contributed by atoms with Crippen molar-refractivity contribution in [1.29, 1.82) is 0 Å². The second-order valence-corrected chi connectivity index (χ2v) is 14.7. The van der Waals surface area contributed by atoms with Crippen LogP contribution >= 0.6 is 0 Å². The maximum Gasteiger partial charge on any atom is 0.407 e. The lowest BCUT2D eigenvalue weighted by Gasteiger charge is -2.37. The Balaban J connectivity index is 1.18. The Morgan fingerprint density at radius 3 is 2.13 bits per heavy atom. The second-order valence-electron chi connectivity index (χ2n) is 14.7. The Morgan fingerprint density at radius 2 is 1.49 bits per heavy atom. The van der Waals surface area contributed by atoms with Gasteiger partial charge in [0.05, 0.1) is 31.6 Å². The number of hydrogen-bond acceptors (Lipinski definition) is 9. The maximum atomic E-state index is 13.7. The Kier molecular flexibility index (Phi) is 10.8. The largest absolute Gasteiger partial charge is 0.453 e. The molecule has 4 amide bonds. The van der Waals surface area contributed by atoms with Crippen LogP contribution < -0.4 is 10.6 Å². The fraction of sp³-hybridized carbons (Fsp3) is 0.487. The molecule has 3 N–H and O–H groups in total. The molecular weight excluding hydrogens is 678 g/mol. The molecule has 2 aliphatic heterocycles. The molecule has 2 aliphatic rings. The number of ether oxygens (including phenoxy) is 2. The predicted molar refractivity (Wildman–Crippen MR) is 197 cm³/mol. The van der Waals surface area contributed by atoms with Gasteiger partial charge in [0.1, 0.15) is 29.5 Å². The highest BCUT2D eigenvalue weighted by molar-refractivity contribution is 5.88. The van der Waals surface area contributed by atoms with E-state index >= 15 is 0 Å². The lowest BCUT2D eigenvalue weighted by Crippen LogP contribution is -2.55. The molecule has 14 heteroatoms. The van der Waals surface area contributed by atoms with E-state index in [-0.39, 0.29) is 29.7 Å². The van der Waals surface area contributed by atoms with Gasteiger partial charge >= 0.3 is 12.2 Å². The van der Waals surface area contributed by atoms with Crippen molar-refractivity contribution in [2.24, 2.45) is 11.8 Å². The van der Waals surface area contributed by atoms with Crippen molar-refractivity contribution in [3.63, 3.8) is 0 Å². The minimum atomic E-state index is -0.723. The number of aromatic amines is 1. The normalized spacial score (nSPS) is 19.8. The number of benzene rings is 2. The summed E-state index contributed by atoms with van der Waals surface area (Å²) in [6.07, 6.45) is 3.58. The Morgan fingerprint density at radius 1 is 0.868 bits per heavy atom. The number of rotatable bonds is 10. The van der Waals surface area contributed by atoms with Gasteiger partial charge in [0.2, 0.25) is 17.7 Å². The van der Waals surface area contributed by atoms with Gasteiger partial charge in [-0.05, 0) is 73.3 Å². The second kappa shape index (κ2) is 15.3. The van der Waals surface area contributed by atoms with Crippen molar-refractivity contribution in [2.75, 3.05) is 27.3 Å². The van der Waals surface area contributed by atoms with Crippen LogP contribution in [0.25, 0.3) is 33.5 Å². The highest BCUT2D eigenvalue weighted by Crippen LogP contribution is 2.39. The third-order valence-electron chi connectivity index (χ3n) is 10.5. The molecule has 4 atom stereocenters. The zero-order valence-electron chi connectivity index (χ0n) is 31.4. The van der Waals surface area contributed by atoms with Gasteiger partial charge in [-0.2, -0.15) is 0 Å². The van der Waals surface area contributed by atoms with Crippen LogP contribution in [0.4, 0.5) is 9.59 Å². The summed E-state index contributed by atoms with van der Waals surface area (Å²) in [5.41, 5.74) is 4.36. The van der Waals surface area contributed by atoms with Gasteiger partial charge in [0.15, 0.2) is 5.58 Å². The number of hydrogen-bond donors (Lipinski definition) is 3. The Bertz CT molecular complexity index is 1970. The number of aromatic nitrogens is 3. The molecule has 2 saturated heterocycles. The minimum absolute atomic E-state index is 0.127. The van der Waals surface area contributed by atoms with Crippen molar-refractivity contribution in [3.05, 3.63) is 60.4 Å². The minimum Gasteiger partial charge on any atom is -0.453 e. The lowest BCUT2D eigenvalue weighted by molar-refractivity contribution is -0.139. The molecule has 4 aromatic rings. The molecule has 6 rings (SSSR count). The van der Waals surface area contributed by atoms with E-state index in [4.69, 9.17) is 23.9 Å². The zero-order valence-corrected chi connectivity index (χ0v) is 31.4. The van der Waals surface area contributed by atoms with Crippen LogP contribution in [0.5, 0.6) is 0 Å². The number of nitrogens with one attached hydrogen (secondary N) is 3. The molecule has 53 heavy (non-hydrogen) atoms. The summed E-state index contributed by atoms with van der Waals surface area (Å²) in [6, 6.07) is 12.2. The van der Waals surface area contributed by atoms with E-state index in [0.29, 0.717) is 42.3 Å². The number of H-pyrrole nitrogens is 1. The van der Waals surface area contributed by atoms with Crippen molar-refractivity contribution in [1.82, 2.24) is 35.4 Å². The lowest BCUT2D eigenvalue weighted by atomic mass is 9.95. The van der Waals surface area contributed by atoms with E-state index in [0.717, 1.165) is 41.6 Å². The quantitative estimate of drug-likeness (QED) is 0.173. The van der Waals surface area contributed by atoms with Gasteiger partial charge in [-0.15, -0.1) is 0 Å². The first kappa shape index (κ1) is 37.4. The van der Waals surface area contributed by atoms with Crippen molar-refractivity contribution in [3.8, 4) is 22.4 Å². The molecule has 282 valence electrons. The molecule has 0 aliphatic carbocycles. The van der Waals surface area contributed by atoms with Crippen molar-refractivity contribution < 1.29 is 33.1 Å². The molecule has 2 aromatic heterocycles. The Labute approximate surface area is 309 Å². The predicted octanol–water partition coefficient (Wildman–Crippen LogP) is 6.15. The smallest absolute Gasteiger partial charge is 0.407 e. The van der Waals surface area contributed by atoms with E-state index in [2.05, 4.69) is 15.6 Å². The first-order valence-electron chi connectivity index (χ1n) is 18.2. The average molecular weight is 728 g/mol. The summed E-state index contributed by atoms with van der Waals surface area (Å²) in [6.45, 7) is 10.7. The molecule has 0 spiro atoms. The van der Waals surface area contributed by atoms with E-state index in [1.54, 1.807) is 11.1 Å². The highest BCUT2D eigenvalue weighted by Gasteiger charge is 2.46. The number of methoxy groups -OCH3 is 2. The average Bonchev–Trinajstić information content (AvgIpc) is 3.97. The highest BCUT2D eigenvalue weighted by atomic mass is 16.5. The van der Waals surface area contributed by atoms with Crippen LogP contribution in [0.15, 0.2) is 53.1 Å². The fourth-order valence-corrected chi connectivity index (χ4v) is 7.44. The third-order valence-corrected chi connectivity index (χ3v) is 10.5. The number of nitrogens with zero attached hydrogens (tertiary/aromatic N) is 4. The van der Waals surface area contributed by atoms with Crippen molar-refractivity contribution in [2.45, 2.75) is 84.0 Å². The number of alkyl carbamates (subject to hydrolysis) is 2. The molecule has 0 bridgehead atoms. The van der Waals surface area contributed by atoms with Crippen LogP contribution in [0.1, 0.15) is 78.1 Å². The molecule has 4 heterocycles. The van der Waals surface area contributed by atoms with Gasteiger partial charge in [-0.1, -0.05) is 58.0 Å². The SMILES string of the molecule is COC(=O)N[C@H](C(=O)N1CCC[C@H]1c1nc2ccc(-c3ccc(-c4cnc([C@]5(C)CCCN5C(=O)[C@@H](NC(=O)OC)C(C)C)[nH]4)cc3)cc2o1)C(C)C. The molecule has 0 saturated carbocycles. The zero-order chi connectivity index (χ0) is 38.0. The monoisotopic (exact) mass is 727 g/mol. The third kappa shape index (κ3) is 7.44. The van der Waals surface area contributed by atoms with Crippen LogP contribution in [-0.2, 0) is 24.6 Å². The Hall–Kier alpha value is -5.40. The summed E-state index contributed by atoms with van der Waals surface area (Å²) in [7, 11) is 2.56. The molecular formula is C39H49N7O7. The molecule has 14 nitrogen and oxygen atoms in total. The van der Waals surface area contributed by atoms with Crippen molar-refractivity contribution >= 4 is 35.1 Å². The number of oxazole rings is 1. The maximum absolute atomic E-state index is 13.7. The number of amides is 4. The topological polar surface area (TPSA) is 172 Å². The van der Waals surface area contributed by atoms with Gasteiger partial charge in [-0.25, -0.2) is 19.6 Å². The van der Waals surface area contributed by atoms with Gasteiger partial charge in [0, 0.05) is 13.1 Å². The van der Waals surface area contributed by atoms with E-state index < -0.39 is 29.8 Å². The first-order valence-corrected chi connectivity index (χ1v) is 18.2. The number of imidazole rings is 1. The summed E-state index contributed by atoms with van der Waals surface area (Å²) >= 11 is 0. The van der Waals surface area contributed by atoms with Crippen LogP contribution in [0, 0.1) is 11.8 Å². The summed E-state index contributed by atoms with van der Waals surface area (Å²) < 4.78 is 15.8. The van der Waals surface area contributed by atoms with E-state index in [1.807, 2.05) is 82.0 Å². The molecule has 0 radical (unpaired) electrons. The van der Waals surface area contributed by atoms with Gasteiger partial charge in [0.25, 0.3) is 0 Å².